The standard InChI is InChI=1S/C20H22N2O5/c1-26-16-6-3-7-17(11-16)27-18-12-22(13-18)20(25)9-8-19(24)21-14-4-2-5-15(23)10-14/h2-7,10-11,18,23H,8-9,12-13H2,1H3,(H,21,24). The molecule has 0 unspecified atom stereocenters. The molecule has 3 rings (SSSR count). The molecule has 7 heteroatoms. The first-order valence-electron chi connectivity index (χ1n) is 8.71. The third-order valence-corrected chi connectivity index (χ3v) is 4.24. The minimum absolute atomic E-state index is 0.0535. The van der Waals surface area contributed by atoms with Gasteiger partial charge in [-0.25, -0.2) is 0 Å². The van der Waals surface area contributed by atoms with Crippen LogP contribution in [-0.2, 0) is 9.59 Å². The number of amides is 2. The molecule has 0 spiro atoms. The van der Waals surface area contributed by atoms with E-state index in [4.69, 9.17) is 9.47 Å². The van der Waals surface area contributed by atoms with Crippen LogP contribution in [0.25, 0.3) is 0 Å². The molecular weight excluding hydrogens is 348 g/mol. The van der Waals surface area contributed by atoms with Crippen LogP contribution in [-0.4, -0.2) is 48.1 Å². The minimum Gasteiger partial charge on any atom is -0.508 e. The predicted molar refractivity (Wildman–Crippen MR) is 100.0 cm³/mol. The zero-order chi connectivity index (χ0) is 19.2. The van der Waals surface area contributed by atoms with Crippen molar-refractivity contribution in [3.8, 4) is 17.2 Å². The van der Waals surface area contributed by atoms with E-state index in [9.17, 15) is 14.7 Å². The SMILES string of the molecule is COc1cccc(OC2CN(C(=O)CCC(=O)Nc3cccc(O)c3)C2)c1. The smallest absolute Gasteiger partial charge is 0.224 e. The summed E-state index contributed by atoms with van der Waals surface area (Å²) in [5, 5.41) is 12.0. The number of anilines is 1. The number of nitrogens with zero attached hydrogens (tertiary/aromatic N) is 1. The van der Waals surface area contributed by atoms with Crippen LogP contribution < -0.4 is 14.8 Å². The van der Waals surface area contributed by atoms with Gasteiger partial charge >= 0.3 is 0 Å². The van der Waals surface area contributed by atoms with Gasteiger partial charge in [0.2, 0.25) is 11.8 Å². The lowest BCUT2D eigenvalue weighted by Gasteiger charge is -2.39. The molecule has 1 aliphatic heterocycles. The van der Waals surface area contributed by atoms with Crippen LogP contribution in [0.1, 0.15) is 12.8 Å². The van der Waals surface area contributed by atoms with Crippen molar-refractivity contribution in [2.24, 2.45) is 0 Å². The highest BCUT2D eigenvalue weighted by atomic mass is 16.5. The monoisotopic (exact) mass is 370 g/mol. The molecule has 2 N–H and O–H groups in total. The summed E-state index contributed by atoms with van der Waals surface area (Å²) in [6.45, 7) is 1.01. The second-order valence-electron chi connectivity index (χ2n) is 6.32. The maximum Gasteiger partial charge on any atom is 0.224 e. The summed E-state index contributed by atoms with van der Waals surface area (Å²) < 4.78 is 11.0. The van der Waals surface area contributed by atoms with Gasteiger partial charge in [-0.3, -0.25) is 9.59 Å². The Morgan fingerprint density at radius 3 is 2.59 bits per heavy atom. The van der Waals surface area contributed by atoms with Crippen LogP contribution >= 0.6 is 0 Å². The highest BCUT2D eigenvalue weighted by Crippen LogP contribution is 2.23. The number of nitrogens with one attached hydrogen (secondary N) is 1. The third kappa shape index (κ3) is 5.13. The average Bonchev–Trinajstić information content (AvgIpc) is 2.62. The molecule has 0 saturated carbocycles. The second kappa shape index (κ2) is 8.44. The Kier molecular flexibility index (Phi) is 5.80. The summed E-state index contributed by atoms with van der Waals surface area (Å²) in [6, 6.07) is 13.6. The van der Waals surface area contributed by atoms with Crippen LogP contribution in [0.3, 0.4) is 0 Å². The van der Waals surface area contributed by atoms with Crippen molar-refractivity contribution in [1.82, 2.24) is 4.90 Å². The van der Waals surface area contributed by atoms with Gasteiger partial charge in [-0.05, 0) is 24.3 Å². The average molecular weight is 370 g/mol. The van der Waals surface area contributed by atoms with E-state index < -0.39 is 0 Å². The first-order chi connectivity index (χ1) is 13.0. The molecule has 2 aromatic rings. The molecule has 0 atom stereocenters. The van der Waals surface area contributed by atoms with Crippen LogP contribution in [0.4, 0.5) is 5.69 Å². The molecule has 1 saturated heterocycles. The number of phenolic OH excluding ortho intramolecular Hbond substituents is 1. The fourth-order valence-corrected chi connectivity index (χ4v) is 2.77. The number of likely N-dealkylation sites (tertiary alicyclic amines) is 1. The summed E-state index contributed by atoms with van der Waals surface area (Å²) in [6.07, 6.45) is 0.172. The van der Waals surface area contributed by atoms with Crippen LogP contribution in [0.2, 0.25) is 0 Å². The summed E-state index contributed by atoms with van der Waals surface area (Å²) >= 11 is 0. The van der Waals surface area contributed by atoms with Gasteiger partial charge in [-0.1, -0.05) is 12.1 Å². The van der Waals surface area contributed by atoms with Crippen molar-refractivity contribution in [1.29, 1.82) is 0 Å². The van der Waals surface area contributed by atoms with E-state index in [0.29, 0.717) is 24.5 Å². The highest BCUT2D eigenvalue weighted by Gasteiger charge is 2.32. The van der Waals surface area contributed by atoms with Crippen LogP contribution in [0.5, 0.6) is 17.2 Å². The Bertz CT molecular complexity index is 818. The lowest BCUT2D eigenvalue weighted by atomic mass is 10.1. The molecule has 1 aliphatic rings. The topological polar surface area (TPSA) is 88.1 Å². The maximum absolute atomic E-state index is 12.2. The van der Waals surface area contributed by atoms with Gasteiger partial charge in [0.05, 0.1) is 20.2 Å². The molecule has 142 valence electrons. The van der Waals surface area contributed by atoms with Gasteiger partial charge in [0.25, 0.3) is 0 Å². The van der Waals surface area contributed by atoms with Gasteiger partial charge in [-0.15, -0.1) is 0 Å². The lowest BCUT2D eigenvalue weighted by molar-refractivity contribution is -0.141. The van der Waals surface area contributed by atoms with Crippen molar-refractivity contribution >= 4 is 17.5 Å². The number of carbonyl (C=O) groups is 2. The Morgan fingerprint density at radius 2 is 1.85 bits per heavy atom. The molecule has 0 aromatic heterocycles. The van der Waals surface area contributed by atoms with Crippen molar-refractivity contribution in [3.05, 3.63) is 48.5 Å². The highest BCUT2D eigenvalue weighted by molar-refractivity contribution is 5.93. The van der Waals surface area contributed by atoms with Gasteiger partial charge in [-0.2, -0.15) is 0 Å². The third-order valence-electron chi connectivity index (χ3n) is 4.24. The molecule has 0 bridgehead atoms. The van der Waals surface area contributed by atoms with E-state index in [1.165, 1.54) is 12.1 Å². The zero-order valence-corrected chi connectivity index (χ0v) is 15.1. The van der Waals surface area contributed by atoms with E-state index in [0.717, 1.165) is 5.75 Å². The number of phenols is 1. The number of hydrogen-bond donors (Lipinski definition) is 2. The predicted octanol–water partition coefficient (Wildman–Crippen LogP) is 2.41. The Balaban J connectivity index is 1.38. The summed E-state index contributed by atoms with van der Waals surface area (Å²) in [5.74, 6) is 1.16. The molecule has 2 amide bonds. The number of hydrogen-bond acceptors (Lipinski definition) is 5. The zero-order valence-electron chi connectivity index (χ0n) is 15.1. The minimum atomic E-state index is -0.265. The fourth-order valence-electron chi connectivity index (χ4n) is 2.77. The Labute approximate surface area is 157 Å². The number of carbonyl (C=O) groups excluding carboxylic acids is 2. The van der Waals surface area contributed by atoms with Gasteiger partial charge in [0.1, 0.15) is 23.4 Å². The Hall–Kier alpha value is -3.22. The molecule has 0 aliphatic carbocycles. The normalized spacial score (nSPS) is 13.6. The van der Waals surface area contributed by atoms with Crippen molar-refractivity contribution in [2.75, 3.05) is 25.5 Å². The van der Waals surface area contributed by atoms with Crippen molar-refractivity contribution in [3.63, 3.8) is 0 Å². The lowest BCUT2D eigenvalue weighted by Crippen LogP contribution is -2.56. The number of rotatable bonds is 7. The van der Waals surface area contributed by atoms with Crippen molar-refractivity contribution in [2.45, 2.75) is 18.9 Å². The Morgan fingerprint density at radius 1 is 1.11 bits per heavy atom. The second-order valence-corrected chi connectivity index (χ2v) is 6.32. The number of methoxy groups -OCH3 is 1. The van der Waals surface area contributed by atoms with Gasteiger partial charge in [0, 0.05) is 30.7 Å². The molecule has 27 heavy (non-hydrogen) atoms. The first-order valence-corrected chi connectivity index (χ1v) is 8.71. The van der Waals surface area contributed by atoms with E-state index in [1.54, 1.807) is 30.2 Å². The number of aromatic hydroxyl groups is 1. The van der Waals surface area contributed by atoms with Gasteiger partial charge < -0.3 is 24.8 Å². The van der Waals surface area contributed by atoms with E-state index in [2.05, 4.69) is 5.32 Å². The molecule has 7 nitrogen and oxygen atoms in total. The molecule has 2 aromatic carbocycles. The van der Waals surface area contributed by atoms with E-state index in [-0.39, 0.29) is 36.5 Å². The molecule has 1 heterocycles. The fraction of sp³-hybridized carbons (Fsp3) is 0.300. The molecule has 1 fully saturated rings. The maximum atomic E-state index is 12.2. The molecular formula is C20H22N2O5. The largest absolute Gasteiger partial charge is 0.508 e. The van der Waals surface area contributed by atoms with E-state index in [1.807, 2.05) is 18.2 Å². The quantitative estimate of drug-likeness (QED) is 0.781. The van der Waals surface area contributed by atoms with E-state index >= 15 is 0 Å². The molecule has 0 radical (unpaired) electrons. The van der Waals surface area contributed by atoms with Gasteiger partial charge in [0.15, 0.2) is 0 Å². The number of benzene rings is 2. The van der Waals surface area contributed by atoms with Crippen LogP contribution in [0.15, 0.2) is 48.5 Å². The summed E-state index contributed by atoms with van der Waals surface area (Å²) in [5.41, 5.74) is 0.503. The van der Waals surface area contributed by atoms with Crippen LogP contribution in [0, 0.1) is 0 Å². The summed E-state index contributed by atoms with van der Waals surface area (Å²) in [4.78, 5) is 25.8. The van der Waals surface area contributed by atoms with Crippen molar-refractivity contribution < 1.29 is 24.2 Å². The first kappa shape index (κ1) is 18.6. The summed E-state index contributed by atoms with van der Waals surface area (Å²) in [7, 11) is 1.60. The number of ether oxygens (including phenoxy) is 2.